The number of hydrogen-bond acceptors (Lipinski definition) is 12. The molecule has 0 heterocycles. The molecule has 0 aliphatic heterocycles. The van der Waals surface area contributed by atoms with E-state index in [9.17, 15) is 0 Å². The summed E-state index contributed by atoms with van der Waals surface area (Å²) in [7, 11) is 0. The van der Waals surface area contributed by atoms with Crippen LogP contribution in [0, 0.1) is 92.4 Å². The summed E-state index contributed by atoms with van der Waals surface area (Å²) in [5.41, 5.74) is 0. The van der Waals surface area contributed by atoms with E-state index in [1.807, 2.05) is 0 Å². The van der Waals surface area contributed by atoms with E-state index < -0.39 is 20.3 Å². The second-order valence-corrected chi connectivity index (χ2v) is 0.894. The Labute approximate surface area is 146 Å². The van der Waals surface area contributed by atoms with Gasteiger partial charge in [0, 0.05) is 0 Å². The van der Waals surface area contributed by atoms with Crippen molar-refractivity contribution in [2.24, 2.45) is 0 Å². The zero-order valence-electron chi connectivity index (χ0n) is 10.2. The van der Waals surface area contributed by atoms with Crippen molar-refractivity contribution in [2.75, 3.05) is 0 Å². The first kappa shape index (κ1) is 85.8. The third-order valence-electron chi connectivity index (χ3n) is 0. The molecule has 0 radical (unpaired) electrons. The molecule has 0 spiro atoms. The van der Waals surface area contributed by atoms with Crippen molar-refractivity contribution in [1.82, 2.24) is 0 Å². The Bertz CT molecular complexity index is 161. The average molecular weight is 594 g/mol. The Morgan fingerprint density at radius 1 is 0.348 bits per heavy atom. The van der Waals surface area contributed by atoms with Gasteiger partial charge in [0.2, 0.25) is 0 Å². The molecular weight excluding hydrogens is 582 g/mol. The van der Waals surface area contributed by atoms with Crippen LogP contribution in [-0.2, 0) is 0 Å². The van der Waals surface area contributed by atoms with Crippen LogP contribution in [0.15, 0.2) is 0 Å². The van der Waals surface area contributed by atoms with Crippen LogP contribution >= 0.6 is 0 Å². The molecule has 0 atom stereocenters. The molecule has 23 heteroatoms. The topological polar surface area (TPSA) is 454 Å². The molecule has 0 amide bonds. The molecule has 144 valence electrons. The van der Waals surface area contributed by atoms with Crippen molar-refractivity contribution in [2.45, 2.75) is 0 Å². The summed E-state index contributed by atoms with van der Waals surface area (Å²) in [6.45, 7) is 0. The minimum atomic E-state index is -1.75. The van der Waals surface area contributed by atoms with Gasteiger partial charge in [-0.3, -0.25) is 0 Å². The Balaban J connectivity index is -0.00000000842. The van der Waals surface area contributed by atoms with Crippen molar-refractivity contribution in [3.63, 3.8) is 0 Å². The molecule has 0 aliphatic carbocycles. The quantitative estimate of drug-likeness (QED) is 0.187. The molecule has 0 fully saturated rings. The van der Waals surface area contributed by atoms with Crippen molar-refractivity contribution in [3.05, 3.63) is 61.3 Å². The van der Waals surface area contributed by atoms with Gasteiger partial charge in [-0.2, -0.15) is 0 Å². The fourth-order valence-electron chi connectivity index (χ4n) is 0. The Morgan fingerprint density at radius 3 is 0.348 bits per heavy atom. The van der Waals surface area contributed by atoms with Crippen LogP contribution in [0.5, 0.6) is 0 Å². The molecule has 0 rings (SSSR count). The van der Waals surface area contributed by atoms with Crippen LogP contribution in [-0.4, -0.2) is 53.2 Å². The van der Waals surface area contributed by atoms with E-state index in [4.69, 9.17) is 61.3 Å². The number of nitrogens with zero attached hydrogens (tertiary/aromatic N) is 4. The predicted octanol–water partition coefficient (Wildman–Crippen LogP) is -5.90. The largest absolute Gasteiger partial charge is 4.00 e. The van der Waals surface area contributed by atoms with Gasteiger partial charge >= 0.3 is 31.1 Å². The molecule has 22 nitrogen and oxygen atoms in total. The Hall–Kier alpha value is -2.39. The molecule has 0 aromatic carbocycles. The summed E-state index contributed by atoms with van der Waals surface area (Å²) in [5.74, 6) is 0. The molecule has 0 aromatic rings. The second kappa shape index (κ2) is 73.5. The molecule has 0 saturated carbocycles. The van der Waals surface area contributed by atoms with E-state index in [1.54, 1.807) is 0 Å². The van der Waals surface area contributed by atoms with Crippen molar-refractivity contribution in [3.8, 4) is 0 Å². The molecular formula is H12N4O18U. The predicted molar refractivity (Wildman–Crippen MR) is 63.1 cm³/mol. The zero-order valence-corrected chi connectivity index (χ0v) is 14.4. The zero-order chi connectivity index (χ0) is 14.3. The molecule has 12 N–H and O–H groups in total. The third kappa shape index (κ3) is 1070. The number of hydrogen-bond donors (Lipinski definition) is 0. The van der Waals surface area contributed by atoms with Crippen LogP contribution < -0.4 is 0 Å². The molecule has 0 bridgehead atoms. The molecule has 0 aliphatic rings. The first-order chi connectivity index (χ1) is 6.93. The maximum absolute atomic E-state index is 8.25. The summed E-state index contributed by atoms with van der Waals surface area (Å²) in [6.07, 6.45) is 0. The van der Waals surface area contributed by atoms with E-state index in [2.05, 4.69) is 0 Å². The van der Waals surface area contributed by atoms with E-state index in [0.29, 0.717) is 0 Å². The van der Waals surface area contributed by atoms with Gasteiger partial charge in [0.05, 0.1) is 20.3 Å². The SMILES string of the molecule is O.O.O.O.O.O.O=[N+]([O-])[O-].O=[N+]([O-])[O-].O=[N+]([O-])[O-].O=[N+]([O-])[O-].[U+4]. The summed E-state index contributed by atoms with van der Waals surface area (Å²) >= 11 is 0. The van der Waals surface area contributed by atoms with Crippen molar-refractivity contribution in [1.29, 1.82) is 0 Å². The van der Waals surface area contributed by atoms with Crippen LogP contribution in [0.3, 0.4) is 0 Å². The van der Waals surface area contributed by atoms with Gasteiger partial charge in [-0.1, -0.05) is 0 Å². The number of rotatable bonds is 0. The normalized spacial score (nSPS) is 4.17. The average Bonchev–Trinajstić information content (AvgIpc) is 1.76. The third-order valence-corrected chi connectivity index (χ3v) is 0. The maximum Gasteiger partial charge on any atom is 4.00 e. The molecule has 0 aromatic heterocycles. The van der Waals surface area contributed by atoms with Crippen LogP contribution in [0.4, 0.5) is 0 Å². The Kier molecular flexibility index (Phi) is 274. The van der Waals surface area contributed by atoms with E-state index in [1.165, 1.54) is 0 Å². The molecule has 23 heavy (non-hydrogen) atoms. The fourth-order valence-corrected chi connectivity index (χ4v) is 0. The van der Waals surface area contributed by atoms with Crippen molar-refractivity contribution >= 4 is 0 Å². The first-order valence-electron chi connectivity index (χ1n) is 2.19. The van der Waals surface area contributed by atoms with Gasteiger partial charge in [0.1, 0.15) is 0 Å². The van der Waals surface area contributed by atoms with Gasteiger partial charge < -0.3 is 94.1 Å². The monoisotopic (exact) mass is 594 g/mol. The summed E-state index contributed by atoms with van der Waals surface area (Å²) in [4.78, 5) is 33.0. The molecule has 0 saturated heterocycles. The Morgan fingerprint density at radius 2 is 0.348 bits per heavy atom. The summed E-state index contributed by atoms with van der Waals surface area (Å²) in [6, 6.07) is 0. The maximum atomic E-state index is 8.25. The van der Waals surface area contributed by atoms with Gasteiger partial charge in [0.25, 0.3) is 0 Å². The van der Waals surface area contributed by atoms with Gasteiger partial charge in [-0.15, -0.1) is 0 Å². The smallest absolute Gasteiger partial charge is 0.412 e. The first-order valence-corrected chi connectivity index (χ1v) is 2.19. The van der Waals surface area contributed by atoms with Gasteiger partial charge in [-0.25, -0.2) is 0 Å². The van der Waals surface area contributed by atoms with Crippen molar-refractivity contribution < 1.29 is 84.3 Å². The summed E-state index contributed by atoms with van der Waals surface area (Å²) in [5, 5.41) is 59.0. The minimum absolute atomic E-state index is 0. The van der Waals surface area contributed by atoms with E-state index >= 15 is 0 Å². The molecule has 0 unspecified atom stereocenters. The van der Waals surface area contributed by atoms with Crippen LogP contribution in [0.1, 0.15) is 0 Å². The fraction of sp³-hybridized carbons (Fsp3) is 0. The van der Waals surface area contributed by atoms with E-state index in [-0.39, 0.29) is 64.0 Å². The standard InChI is InChI=1S/4NO3.6H2O.U/c4*2-1(3)4;;;;;;;/h;;;;6*1H2;/q4*-1;;;;;;;+4. The minimum Gasteiger partial charge on any atom is -0.412 e. The van der Waals surface area contributed by atoms with E-state index in [0.717, 1.165) is 0 Å². The van der Waals surface area contributed by atoms with Gasteiger partial charge in [-0.05, 0) is 0 Å². The van der Waals surface area contributed by atoms with Crippen LogP contribution in [0.25, 0.3) is 0 Å². The van der Waals surface area contributed by atoms with Gasteiger partial charge in [0.15, 0.2) is 0 Å². The second-order valence-electron chi connectivity index (χ2n) is 0.894. The summed E-state index contributed by atoms with van der Waals surface area (Å²) < 4.78 is 0. The van der Waals surface area contributed by atoms with Crippen LogP contribution in [0.2, 0.25) is 0 Å².